The number of rotatable bonds is 4. The summed E-state index contributed by atoms with van der Waals surface area (Å²) in [6.45, 7) is 1.88. The largest absolute Gasteiger partial charge is 0.409 e. The van der Waals surface area contributed by atoms with E-state index in [4.69, 9.17) is 10.9 Å². The number of fused-ring (bicyclic) bond motifs is 2. The van der Waals surface area contributed by atoms with E-state index in [1.165, 1.54) is 19.3 Å². The van der Waals surface area contributed by atoms with E-state index >= 15 is 0 Å². The van der Waals surface area contributed by atoms with Crippen molar-refractivity contribution in [3.8, 4) is 0 Å². The maximum absolute atomic E-state index is 12.1. The lowest BCUT2D eigenvalue weighted by molar-refractivity contribution is -0.127. The minimum Gasteiger partial charge on any atom is -0.409 e. The van der Waals surface area contributed by atoms with E-state index in [2.05, 4.69) is 10.5 Å². The van der Waals surface area contributed by atoms with E-state index in [1.807, 2.05) is 6.92 Å². The Morgan fingerprint density at radius 1 is 1.53 bits per heavy atom. The van der Waals surface area contributed by atoms with Crippen molar-refractivity contribution in [2.45, 2.75) is 45.1 Å². The van der Waals surface area contributed by atoms with E-state index < -0.39 is 0 Å². The Bertz CT molecular complexity index is 330. The zero-order valence-electron chi connectivity index (χ0n) is 10.2. The molecule has 2 saturated carbocycles. The fourth-order valence-electron chi connectivity index (χ4n) is 3.32. The Labute approximate surface area is 101 Å². The molecule has 4 unspecified atom stereocenters. The van der Waals surface area contributed by atoms with Gasteiger partial charge in [-0.3, -0.25) is 4.79 Å². The van der Waals surface area contributed by atoms with Gasteiger partial charge >= 0.3 is 0 Å². The number of nitrogens with one attached hydrogen (secondary N) is 1. The lowest BCUT2D eigenvalue weighted by Crippen LogP contribution is -2.40. The fourth-order valence-corrected chi connectivity index (χ4v) is 3.32. The van der Waals surface area contributed by atoms with Gasteiger partial charge in [0.1, 0.15) is 5.84 Å². The van der Waals surface area contributed by atoms with E-state index in [0.717, 1.165) is 12.3 Å². The molecule has 0 saturated heterocycles. The van der Waals surface area contributed by atoms with Crippen LogP contribution >= 0.6 is 0 Å². The van der Waals surface area contributed by atoms with Crippen LogP contribution in [0.2, 0.25) is 0 Å². The Kier molecular flexibility index (Phi) is 3.54. The quantitative estimate of drug-likeness (QED) is 0.297. The second-order valence-electron chi connectivity index (χ2n) is 5.49. The third-order valence-electron chi connectivity index (χ3n) is 4.11. The maximum atomic E-state index is 12.1. The van der Waals surface area contributed by atoms with Gasteiger partial charge in [-0.05, 0) is 38.0 Å². The van der Waals surface area contributed by atoms with Crippen molar-refractivity contribution in [3.05, 3.63) is 0 Å². The topological polar surface area (TPSA) is 87.7 Å². The summed E-state index contributed by atoms with van der Waals surface area (Å²) in [6, 6.07) is -0.0717. The van der Waals surface area contributed by atoms with Crippen molar-refractivity contribution in [1.82, 2.24) is 5.32 Å². The van der Waals surface area contributed by atoms with Crippen LogP contribution in [-0.2, 0) is 4.79 Å². The van der Waals surface area contributed by atoms with Crippen molar-refractivity contribution in [2.75, 3.05) is 0 Å². The maximum Gasteiger partial charge on any atom is 0.223 e. The van der Waals surface area contributed by atoms with Gasteiger partial charge in [0.25, 0.3) is 0 Å². The fraction of sp³-hybridized carbons (Fsp3) is 0.833. The van der Waals surface area contributed by atoms with Crippen molar-refractivity contribution in [1.29, 1.82) is 0 Å². The number of carbonyl (C=O) groups is 1. The van der Waals surface area contributed by atoms with Crippen LogP contribution in [0.1, 0.15) is 39.0 Å². The number of hydrogen-bond donors (Lipinski definition) is 3. The molecular weight excluding hydrogens is 218 g/mol. The molecule has 2 aliphatic carbocycles. The van der Waals surface area contributed by atoms with Crippen molar-refractivity contribution in [2.24, 2.45) is 28.6 Å². The van der Waals surface area contributed by atoms with Crippen LogP contribution in [-0.4, -0.2) is 23.0 Å². The molecule has 5 nitrogen and oxygen atoms in total. The lowest BCUT2D eigenvalue weighted by atomic mass is 9.88. The number of carbonyl (C=O) groups excluding carboxylic acids is 1. The van der Waals surface area contributed by atoms with Crippen LogP contribution < -0.4 is 11.1 Å². The highest BCUT2D eigenvalue weighted by Crippen LogP contribution is 2.48. The lowest BCUT2D eigenvalue weighted by Gasteiger charge is -2.23. The Hall–Kier alpha value is -1.26. The Morgan fingerprint density at radius 3 is 2.82 bits per heavy atom. The predicted molar refractivity (Wildman–Crippen MR) is 64.6 cm³/mol. The highest BCUT2D eigenvalue weighted by atomic mass is 16.4. The standard InChI is InChI=1S/C12H21N3O2/c1-7(4-11(13)15-17)14-12(16)10-6-8-2-3-9(10)5-8/h7-10,17H,2-6H2,1H3,(H2,13,15)(H,14,16). The van der Waals surface area contributed by atoms with Gasteiger partial charge in [-0.25, -0.2) is 0 Å². The number of hydrogen-bond acceptors (Lipinski definition) is 3. The summed E-state index contributed by atoms with van der Waals surface area (Å²) < 4.78 is 0. The number of oxime groups is 1. The van der Waals surface area contributed by atoms with Crippen molar-refractivity contribution < 1.29 is 10.0 Å². The molecule has 0 aliphatic heterocycles. The van der Waals surface area contributed by atoms with E-state index in [1.54, 1.807) is 0 Å². The highest BCUT2D eigenvalue weighted by Gasteiger charge is 2.43. The monoisotopic (exact) mass is 239 g/mol. The van der Waals surface area contributed by atoms with Gasteiger partial charge in [0.05, 0.1) is 0 Å². The summed E-state index contributed by atoms with van der Waals surface area (Å²) in [5.74, 6) is 1.87. The SMILES string of the molecule is CC(CC(N)=NO)NC(=O)C1CC2CCC1C2. The molecule has 0 aromatic heterocycles. The molecule has 4 atom stereocenters. The number of nitrogens with two attached hydrogens (primary N) is 1. The zero-order valence-corrected chi connectivity index (χ0v) is 10.2. The third kappa shape index (κ3) is 2.70. The summed E-state index contributed by atoms with van der Waals surface area (Å²) in [5.41, 5.74) is 5.41. The molecule has 17 heavy (non-hydrogen) atoms. The van der Waals surface area contributed by atoms with Crippen LogP contribution in [0.15, 0.2) is 5.16 Å². The first-order valence-electron chi connectivity index (χ1n) is 6.37. The van der Waals surface area contributed by atoms with Gasteiger partial charge in [0, 0.05) is 18.4 Å². The second kappa shape index (κ2) is 4.94. The summed E-state index contributed by atoms with van der Waals surface area (Å²) in [7, 11) is 0. The summed E-state index contributed by atoms with van der Waals surface area (Å²) in [6.07, 6.45) is 5.17. The van der Waals surface area contributed by atoms with Gasteiger partial charge in [0.2, 0.25) is 5.91 Å². The van der Waals surface area contributed by atoms with E-state index in [0.29, 0.717) is 12.3 Å². The smallest absolute Gasteiger partial charge is 0.223 e. The van der Waals surface area contributed by atoms with Gasteiger partial charge in [-0.15, -0.1) is 0 Å². The molecule has 0 spiro atoms. The van der Waals surface area contributed by atoms with Crippen LogP contribution in [0.3, 0.4) is 0 Å². The molecular formula is C12H21N3O2. The zero-order chi connectivity index (χ0) is 12.4. The number of amidine groups is 1. The van der Waals surface area contributed by atoms with Crippen LogP contribution in [0.4, 0.5) is 0 Å². The van der Waals surface area contributed by atoms with Crippen molar-refractivity contribution in [3.63, 3.8) is 0 Å². The minimum atomic E-state index is -0.0717. The third-order valence-corrected chi connectivity index (χ3v) is 4.11. The summed E-state index contributed by atoms with van der Waals surface area (Å²) >= 11 is 0. The van der Waals surface area contributed by atoms with E-state index in [9.17, 15) is 4.79 Å². The molecule has 0 heterocycles. The average Bonchev–Trinajstić information content (AvgIpc) is 2.90. The van der Waals surface area contributed by atoms with Gasteiger partial charge in [-0.2, -0.15) is 0 Å². The molecule has 2 fully saturated rings. The van der Waals surface area contributed by atoms with Gasteiger partial charge < -0.3 is 16.3 Å². The van der Waals surface area contributed by atoms with Crippen LogP contribution in [0, 0.1) is 17.8 Å². The minimum absolute atomic E-state index is 0.0717. The molecule has 4 N–H and O–H groups in total. The molecule has 5 heteroatoms. The first kappa shape index (κ1) is 12.2. The first-order chi connectivity index (χ1) is 8.10. The van der Waals surface area contributed by atoms with Crippen molar-refractivity contribution >= 4 is 11.7 Å². The Balaban J connectivity index is 1.81. The van der Waals surface area contributed by atoms with E-state index in [-0.39, 0.29) is 23.7 Å². The first-order valence-corrected chi connectivity index (χ1v) is 6.37. The molecule has 0 radical (unpaired) electrons. The molecule has 0 aromatic rings. The molecule has 96 valence electrons. The second-order valence-corrected chi connectivity index (χ2v) is 5.49. The molecule has 0 aromatic carbocycles. The molecule has 1 amide bonds. The van der Waals surface area contributed by atoms with Gasteiger partial charge in [0.15, 0.2) is 0 Å². The number of nitrogens with zero attached hydrogens (tertiary/aromatic N) is 1. The average molecular weight is 239 g/mol. The highest BCUT2D eigenvalue weighted by molar-refractivity contribution is 5.83. The Morgan fingerprint density at radius 2 is 2.29 bits per heavy atom. The molecule has 2 bridgehead atoms. The summed E-state index contributed by atoms with van der Waals surface area (Å²) in [4.78, 5) is 12.1. The summed E-state index contributed by atoms with van der Waals surface area (Å²) in [5, 5.41) is 14.3. The van der Waals surface area contributed by atoms with Gasteiger partial charge in [-0.1, -0.05) is 11.6 Å². The van der Waals surface area contributed by atoms with Crippen LogP contribution in [0.25, 0.3) is 0 Å². The van der Waals surface area contributed by atoms with Crippen LogP contribution in [0.5, 0.6) is 0 Å². The normalized spacial score (nSPS) is 33.7. The molecule has 2 rings (SSSR count). The predicted octanol–water partition coefficient (Wildman–Crippen LogP) is 1.06. The number of amides is 1. The molecule has 2 aliphatic rings.